The van der Waals surface area contributed by atoms with Crippen molar-refractivity contribution in [1.29, 1.82) is 0 Å². The van der Waals surface area contributed by atoms with Crippen LogP contribution in [0.25, 0.3) is 10.2 Å². The average Bonchev–Trinajstić information content (AvgIpc) is 2.75. The molecule has 6 heteroatoms. The first-order valence-corrected chi connectivity index (χ1v) is 5.98. The number of thiophene rings is 1. The van der Waals surface area contributed by atoms with Crippen LogP contribution in [0, 0.1) is 0 Å². The van der Waals surface area contributed by atoms with Gasteiger partial charge >= 0.3 is 5.97 Å². The second-order valence-electron chi connectivity index (χ2n) is 4.26. The van der Waals surface area contributed by atoms with E-state index in [0.29, 0.717) is 5.82 Å². The molecule has 0 amide bonds. The Labute approximate surface area is 103 Å². The minimum absolute atomic E-state index is 0.650. The largest absolute Gasteiger partial charge is 0.480 e. The summed E-state index contributed by atoms with van der Waals surface area (Å²) in [5.74, 6) is -0.235. The molecule has 5 nitrogen and oxygen atoms in total. The van der Waals surface area contributed by atoms with Gasteiger partial charge in [0.05, 0.1) is 10.2 Å². The molecule has 2 heterocycles. The standard InChI is InChI=1S/C11H13N3O2S/c1-11(2,10(15)16)14(3)9-8-7(4-5-17-8)12-6-13-9/h4-6H,1-3H3,(H,15,16). The molecule has 2 rings (SSSR count). The highest BCUT2D eigenvalue weighted by molar-refractivity contribution is 7.17. The molecule has 0 aliphatic rings. The van der Waals surface area contributed by atoms with Crippen LogP contribution >= 0.6 is 11.3 Å². The normalized spacial score (nSPS) is 11.7. The molecule has 90 valence electrons. The topological polar surface area (TPSA) is 66.3 Å². The lowest BCUT2D eigenvalue weighted by molar-refractivity contribution is -0.142. The summed E-state index contributed by atoms with van der Waals surface area (Å²) in [4.78, 5) is 21.2. The van der Waals surface area contributed by atoms with Crippen LogP contribution in [0.5, 0.6) is 0 Å². The molecule has 0 radical (unpaired) electrons. The molecule has 1 N–H and O–H groups in total. The number of aromatic nitrogens is 2. The van der Waals surface area contributed by atoms with Crippen molar-refractivity contribution in [2.45, 2.75) is 19.4 Å². The monoisotopic (exact) mass is 251 g/mol. The Kier molecular flexibility index (Phi) is 2.74. The lowest BCUT2D eigenvalue weighted by Crippen LogP contribution is -2.48. The van der Waals surface area contributed by atoms with E-state index in [9.17, 15) is 9.90 Å². The predicted molar refractivity (Wildman–Crippen MR) is 67.5 cm³/mol. The van der Waals surface area contributed by atoms with Crippen molar-refractivity contribution in [3.05, 3.63) is 17.8 Å². The van der Waals surface area contributed by atoms with Gasteiger partial charge in [-0.1, -0.05) is 0 Å². The number of likely N-dealkylation sites (N-methyl/N-ethyl adjacent to an activating group) is 1. The molecule has 17 heavy (non-hydrogen) atoms. The zero-order chi connectivity index (χ0) is 12.6. The molecule has 0 aliphatic heterocycles. The third-order valence-corrected chi connectivity index (χ3v) is 3.80. The van der Waals surface area contributed by atoms with Crippen LogP contribution in [0.1, 0.15) is 13.8 Å². The third-order valence-electron chi connectivity index (χ3n) is 2.90. The van der Waals surface area contributed by atoms with Crippen molar-refractivity contribution >= 4 is 33.3 Å². The number of hydrogen-bond acceptors (Lipinski definition) is 5. The van der Waals surface area contributed by atoms with Crippen LogP contribution < -0.4 is 4.90 Å². The van der Waals surface area contributed by atoms with Crippen LogP contribution in [-0.2, 0) is 4.79 Å². The van der Waals surface area contributed by atoms with E-state index in [4.69, 9.17) is 0 Å². The van der Waals surface area contributed by atoms with E-state index in [2.05, 4.69) is 9.97 Å². The minimum Gasteiger partial charge on any atom is -0.480 e. The maximum absolute atomic E-state index is 11.2. The second-order valence-corrected chi connectivity index (χ2v) is 5.17. The molecule has 0 aromatic carbocycles. The van der Waals surface area contributed by atoms with Crippen molar-refractivity contribution in [3.63, 3.8) is 0 Å². The summed E-state index contributed by atoms with van der Waals surface area (Å²) in [5, 5.41) is 11.1. The number of aliphatic carboxylic acids is 1. The molecule has 0 bridgehead atoms. The maximum atomic E-state index is 11.2. The summed E-state index contributed by atoms with van der Waals surface area (Å²) >= 11 is 1.51. The fraction of sp³-hybridized carbons (Fsp3) is 0.364. The Morgan fingerprint density at radius 2 is 2.18 bits per heavy atom. The van der Waals surface area contributed by atoms with Crippen LogP contribution in [0.2, 0.25) is 0 Å². The molecule has 0 spiro atoms. The van der Waals surface area contributed by atoms with Crippen molar-refractivity contribution in [1.82, 2.24) is 9.97 Å². The molecule has 0 atom stereocenters. The van der Waals surface area contributed by atoms with Gasteiger partial charge in [0.1, 0.15) is 11.9 Å². The predicted octanol–water partition coefficient (Wildman–Crippen LogP) is 1.99. The zero-order valence-electron chi connectivity index (χ0n) is 9.84. The number of fused-ring (bicyclic) bond motifs is 1. The second kappa shape index (κ2) is 3.96. The Morgan fingerprint density at radius 3 is 2.82 bits per heavy atom. The van der Waals surface area contributed by atoms with E-state index in [1.807, 2.05) is 11.4 Å². The first kappa shape index (κ1) is 11.8. The summed E-state index contributed by atoms with van der Waals surface area (Å²) in [6, 6.07) is 1.90. The number of carbonyl (C=O) groups is 1. The highest BCUT2D eigenvalue weighted by atomic mass is 32.1. The van der Waals surface area contributed by atoms with E-state index < -0.39 is 11.5 Å². The van der Waals surface area contributed by atoms with Gasteiger partial charge in [0, 0.05) is 7.05 Å². The molecular weight excluding hydrogens is 238 g/mol. The van der Waals surface area contributed by atoms with Crippen molar-refractivity contribution in [2.24, 2.45) is 0 Å². The highest BCUT2D eigenvalue weighted by Gasteiger charge is 2.34. The van der Waals surface area contributed by atoms with Crippen molar-refractivity contribution < 1.29 is 9.90 Å². The molecule has 2 aromatic rings. The Morgan fingerprint density at radius 1 is 1.47 bits per heavy atom. The van der Waals surface area contributed by atoms with Gasteiger partial charge in [0.25, 0.3) is 0 Å². The molecule has 0 aliphatic carbocycles. The van der Waals surface area contributed by atoms with E-state index in [-0.39, 0.29) is 0 Å². The first-order valence-electron chi connectivity index (χ1n) is 5.10. The van der Waals surface area contributed by atoms with Gasteiger partial charge in [0.2, 0.25) is 0 Å². The molecule has 0 saturated carbocycles. The maximum Gasteiger partial charge on any atom is 0.328 e. The SMILES string of the molecule is CN(c1ncnc2ccsc12)C(C)(C)C(=O)O. The number of rotatable bonds is 3. The molecule has 2 aromatic heterocycles. The van der Waals surface area contributed by atoms with Crippen molar-refractivity contribution in [3.8, 4) is 0 Å². The summed E-state index contributed by atoms with van der Waals surface area (Å²) in [7, 11) is 1.73. The van der Waals surface area contributed by atoms with Crippen LogP contribution in [-0.4, -0.2) is 33.6 Å². The van der Waals surface area contributed by atoms with Gasteiger partial charge in [0.15, 0.2) is 5.82 Å². The number of carboxylic acids is 1. The van der Waals surface area contributed by atoms with Crippen molar-refractivity contribution in [2.75, 3.05) is 11.9 Å². The fourth-order valence-electron chi connectivity index (χ4n) is 1.42. The summed E-state index contributed by atoms with van der Waals surface area (Å²) in [5.41, 5.74) is -0.168. The Bertz CT molecular complexity index is 565. The minimum atomic E-state index is -1.01. The summed E-state index contributed by atoms with van der Waals surface area (Å²) < 4.78 is 0.907. The first-order chi connectivity index (χ1) is 7.94. The number of carboxylic acid groups (broad SMARTS) is 1. The number of nitrogens with zero attached hydrogens (tertiary/aromatic N) is 3. The number of hydrogen-bond donors (Lipinski definition) is 1. The molecule has 0 fully saturated rings. The van der Waals surface area contributed by atoms with Crippen LogP contribution in [0.15, 0.2) is 17.8 Å². The van der Waals surface area contributed by atoms with E-state index in [0.717, 1.165) is 10.2 Å². The van der Waals surface area contributed by atoms with E-state index >= 15 is 0 Å². The van der Waals surface area contributed by atoms with Gasteiger partial charge < -0.3 is 10.0 Å². The fourth-order valence-corrected chi connectivity index (χ4v) is 2.29. The Hall–Kier alpha value is -1.69. The number of anilines is 1. The van der Waals surface area contributed by atoms with Gasteiger partial charge in [-0.2, -0.15) is 0 Å². The van der Waals surface area contributed by atoms with Gasteiger partial charge in [-0.05, 0) is 25.3 Å². The van der Waals surface area contributed by atoms with Gasteiger partial charge in [-0.15, -0.1) is 11.3 Å². The molecule has 0 unspecified atom stereocenters. The van der Waals surface area contributed by atoms with E-state index in [1.54, 1.807) is 25.8 Å². The zero-order valence-corrected chi connectivity index (χ0v) is 10.7. The molecule has 0 saturated heterocycles. The highest BCUT2D eigenvalue weighted by Crippen LogP contribution is 2.30. The van der Waals surface area contributed by atoms with Crippen LogP contribution in [0.3, 0.4) is 0 Å². The smallest absolute Gasteiger partial charge is 0.328 e. The molecular formula is C11H13N3O2S. The summed E-state index contributed by atoms with van der Waals surface area (Å²) in [6.07, 6.45) is 1.46. The lowest BCUT2D eigenvalue weighted by atomic mass is 10.0. The summed E-state index contributed by atoms with van der Waals surface area (Å²) in [6.45, 7) is 3.30. The lowest BCUT2D eigenvalue weighted by Gasteiger charge is -2.32. The van der Waals surface area contributed by atoms with Gasteiger partial charge in [-0.3, -0.25) is 0 Å². The quantitative estimate of drug-likeness (QED) is 0.903. The average molecular weight is 251 g/mol. The van der Waals surface area contributed by atoms with Crippen LogP contribution in [0.4, 0.5) is 5.82 Å². The Balaban J connectivity index is 2.53. The van der Waals surface area contributed by atoms with Gasteiger partial charge in [-0.25, -0.2) is 14.8 Å². The third kappa shape index (κ3) is 1.84. The van der Waals surface area contributed by atoms with E-state index in [1.165, 1.54) is 17.7 Å².